The maximum atomic E-state index is 13.4. The lowest BCUT2D eigenvalue weighted by molar-refractivity contribution is -0.128. The minimum atomic E-state index is -1.23. The molecule has 0 saturated carbocycles. The molecule has 9 heteroatoms. The van der Waals surface area contributed by atoms with E-state index in [1.54, 1.807) is 24.3 Å². The number of nitrogens with one attached hydrogen (secondary N) is 1. The predicted molar refractivity (Wildman–Crippen MR) is 126 cm³/mol. The number of ether oxygens (including phenoxy) is 2. The van der Waals surface area contributed by atoms with Gasteiger partial charge in [0.1, 0.15) is 11.9 Å². The summed E-state index contributed by atoms with van der Waals surface area (Å²) in [6, 6.07) is 14.3. The van der Waals surface area contributed by atoms with Gasteiger partial charge in [-0.25, -0.2) is 4.99 Å². The van der Waals surface area contributed by atoms with Crippen LogP contribution in [0.4, 0.5) is 5.69 Å². The Morgan fingerprint density at radius 2 is 2.03 bits per heavy atom. The van der Waals surface area contributed by atoms with Gasteiger partial charge in [0.05, 0.1) is 6.61 Å². The molecule has 2 aromatic rings. The van der Waals surface area contributed by atoms with Gasteiger partial charge in [-0.05, 0) is 56.1 Å². The summed E-state index contributed by atoms with van der Waals surface area (Å²) >= 11 is 0. The Morgan fingerprint density at radius 1 is 1.30 bits per heavy atom. The largest absolute Gasteiger partial charge is 0.494 e. The molecule has 0 aromatic heterocycles. The average Bonchev–Trinajstić information content (AvgIpc) is 3.13. The minimum absolute atomic E-state index is 0.0734. The summed E-state index contributed by atoms with van der Waals surface area (Å²) in [7, 11) is 0. The third-order valence-electron chi connectivity index (χ3n) is 5.35. The standard InChI is InChI=1S/C24H29N5O4/c1-16(2)26-23(31)24(15-19-7-4-5-8-21(19)28-29-25)17(3)33-22(27-24)18-9-11-20(12-10-18)32-14-6-13-30/h4-5,7-12,16-17,30H,6,13-15H2,1-3H3,(H,26,31)/t17-,24-/m1/s1. The molecule has 0 radical (unpaired) electrons. The Bertz CT molecular complexity index is 1050. The second kappa shape index (κ2) is 10.8. The number of rotatable bonds is 10. The van der Waals surface area contributed by atoms with Gasteiger partial charge in [-0.15, -0.1) is 0 Å². The highest BCUT2D eigenvalue weighted by Crippen LogP contribution is 2.35. The highest BCUT2D eigenvalue weighted by Gasteiger charge is 2.50. The maximum absolute atomic E-state index is 13.4. The molecular weight excluding hydrogens is 422 g/mol. The van der Waals surface area contributed by atoms with Crippen molar-refractivity contribution in [2.24, 2.45) is 10.1 Å². The number of hydrogen-bond acceptors (Lipinski definition) is 6. The van der Waals surface area contributed by atoms with Gasteiger partial charge in [0.25, 0.3) is 5.91 Å². The molecule has 0 fully saturated rings. The molecule has 2 aromatic carbocycles. The van der Waals surface area contributed by atoms with Crippen LogP contribution in [0.1, 0.15) is 38.3 Å². The number of aliphatic hydroxyl groups excluding tert-OH is 1. The van der Waals surface area contributed by atoms with Gasteiger partial charge in [0.2, 0.25) is 5.90 Å². The third kappa shape index (κ3) is 5.63. The van der Waals surface area contributed by atoms with Gasteiger partial charge in [0, 0.05) is 41.7 Å². The number of carbonyl (C=O) groups is 1. The molecule has 1 aliphatic heterocycles. The minimum Gasteiger partial charge on any atom is -0.494 e. The zero-order valence-corrected chi connectivity index (χ0v) is 19.1. The molecule has 0 spiro atoms. The molecule has 1 heterocycles. The van der Waals surface area contributed by atoms with Crippen molar-refractivity contribution in [3.8, 4) is 5.75 Å². The van der Waals surface area contributed by atoms with Crippen LogP contribution in [-0.4, -0.2) is 47.8 Å². The summed E-state index contributed by atoms with van der Waals surface area (Å²) in [6.07, 6.45) is 0.221. The summed E-state index contributed by atoms with van der Waals surface area (Å²) in [5.74, 6) is 0.787. The smallest absolute Gasteiger partial charge is 0.252 e. The van der Waals surface area contributed by atoms with Crippen LogP contribution < -0.4 is 10.1 Å². The second-order valence-electron chi connectivity index (χ2n) is 8.17. The van der Waals surface area contributed by atoms with E-state index >= 15 is 0 Å². The Labute approximate surface area is 193 Å². The third-order valence-corrected chi connectivity index (χ3v) is 5.35. The van der Waals surface area contributed by atoms with E-state index in [0.717, 1.165) is 5.56 Å². The van der Waals surface area contributed by atoms with Crippen LogP contribution in [-0.2, 0) is 16.0 Å². The van der Waals surface area contributed by atoms with Gasteiger partial charge >= 0.3 is 0 Å². The maximum Gasteiger partial charge on any atom is 0.252 e. The molecule has 0 aliphatic carbocycles. The van der Waals surface area contributed by atoms with Crippen LogP contribution in [0.3, 0.4) is 0 Å². The summed E-state index contributed by atoms with van der Waals surface area (Å²) in [5, 5.41) is 15.6. The summed E-state index contributed by atoms with van der Waals surface area (Å²) in [5.41, 5.74) is 9.60. The Hall–Kier alpha value is -3.55. The van der Waals surface area contributed by atoms with Crippen molar-refractivity contribution in [1.29, 1.82) is 0 Å². The first-order chi connectivity index (χ1) is 15.9. The summed E-state index contributed by atoms with van der Waals surface area (Å²) < 4.78 is 11.7. The van der Waals surface area contributed by atoms with Crippen LogP contribution >= 0.6 is 0 Å². The number of amides is 1. The van der Waals surface area contributed by atoms with Crippen molar-refractivity contribution >= 4 is 17.5 Å². The van der Waals surface area contributed by atoms with E-state index in [1.165, 1.54) is 0 Å². The fraction of sp³-hybridized carbons (Fsp3) is 0.417. The normalized spacial score (nSPS) is 19.4. The van der Waals surface area contributed by atoms with Crippen LogP contribution in [0, 0.1) is 0 Å². The zero-order chi connectivity index (χ0) is 23.8. The van der Waals surface area contributed by atoms with E-state index in [-0.39, 0.29) is 25.0 Å². The van der Waals surface area contributed by atoms with Crippen molar-refractivity contribution in [2.75, 3.05) is 13.2 Å². The average molecular weight is 452 g/mol. The number of carbonyl (C=O) groups excluding carboxylic acids is 1. The van der Waals surface area contributed by atoms with E-state index in [4.69, 9.17) is 25.1 Å². The summed E-state index contributed by atoms with van der Waals surface area (Å²) in [6.45, 7) is 6.09. The SMILES string of the molecule is CC(C)NC(=O)[C@]1(Cc2ccccc2N=[N+]=[N-])N=C(c2ccc(OCCCO)cc2)O[C@@H]1C. The Kier molecular flexibility index (Phi) is 7.92. The molecule has 1 amide bonds. The lowest BCUT2D eigenvalue weighted by atomic mass is 9.85. The molecule has 0 bridgehead atoms. The molecule has 33 heavy (non-hydrogen) atoms. The highest BCUT2D eigenvalue weighted by atomic mass is 16.5. The van der Waals surface area contributed by atoms with Crippen LogP contribution in [0.15, 0.2) is 58.6 Å². The molecule has 0 saturated heterocycles. The number of benzene rings is 2. The van der Waals surface area contributed by atoms with Gasteiger partial charge < -0.3 is 19.9 Å². The Balaban J connectivity index is 1.96. The van der Waals surface area contributed by atoms with Crippen molar-refractivity contribution < 1.29 is 19.4 Å². The Morgan fingerprint density at radius 3 is 2.70 bits per heavy atom. The van der Waals surface area contributed by atoms with Crippen molar-refractivity contribution in [1.82, 2.24) is 5.32 Å². The molecule has 2 N–H and O–H groups in total. The monoisotopic (exact) mass is 451 g/mol. The quantitative estimate of drug-likeness (QED) is 0.244. The van der Waals surface area contributed by atoms with Gasteiger partial charge in [0.15, 0.2) is 5.54 Å². The fourth-order valence-corrected chi connectivity index (χ4v) is 3.63. The summed E-state index contributed by atoms with van der Waals surface area (Å²) in [4.78, 5) is 21.1. The van der Waals surface area contributed by atoms with Crippen LogP contribution in [0.5, 0.6) is 5.75 Å². The topological polar surface area (TPSA) is 129 Å². The van der Waals surface area contributed by atoms with Gasteiger partial charge in [-0.1, -0.05) is 29.4 Å². The fourth-order valence-electron chi connectivity index (χ4n) is 3.63. The van der Waals surface area contributed by atoms with E-state index in [9.17, 15) is 4.79 Å². The van der Waals surface area contributed by atoms with Gasteiger partial charge in [-0.2, -0.15) is 0 Å². The number of aliphatic hydroxyl groups is 1. The van der Waals surface area contributed by atoms with Crippen molar-refractivity contribution in [2.45, 2.75) is 51.3 Å². The highest BCUT2D eigenvalue weighted by molar-refractivity contribution is 6.01. The first-order valence-electron chi connectivity index (χ1n) is 10.9. The molecule has 1 aliphatic rings. The molecule has 0 unspecified atom stereocenters. The van der Waals surface area contributed by atoms with Crippen molar-refractivity contribution in [3.63, 3.8) is 0 Å². The number of aliphatic imine (C=N–C) groups is 1. The molecular formula is C24H29N5O4. The van der Waals surface area contributed by atoms with Crippen LogP contribution in [0.2, 0.25) is 0 Å². The first kappa shape index (κ1) is 24.1. The molecule has 3 rings (SSSR count). The lowest BCUT2D eigenvalue weighted by Gasteiger charge is -2.29. The lowest BCUT2D eigenvalue weighted by Crippen LogP contribution is -2.54. The van der Waals surface area contributed by atoms with Gasteiger partial charge in [-0.3, -0.25) is 4.79 Å². The van der Waals surface area contributed by atoms with E-state index < -0.39 is 11.6 Å². The van der Waals surface area contributed by atoms with Crippen LogP contribution in [0.25, 0.3) is 10.4 Å². The molecule has 174 valence electrons. The molecule has 2 atom stereocenters. The van der Waals surface area contributed by atoms with E-state index in [1.807, 2.05) is 45.0 Å². The number of hydrogen-bond donors (Lipinski definition) is 2. The number of nitrogens with zero attached hydrogens (tertiary/aromatic N) is 4. The van der Waals surface area contributed by atoms with Crippen molar-refractivity contribution in [3.05, 3.63) is 70.1 Å². The molecule has 9 nitrogen and oxygen atoms in total. The van der Waals surface area contributed by atoms with E-state index in [0.29, 0.717) is 35.9 Å². The van der Waals surface area contributed by atoms with E-state index in [2.05, 4.69) is 15.3 Å². The predicted octanol–water partition coefficient (Wildman–Crippen LogP) is 4.06. The first-order valence-corrected chi connectivity index (χ1v) is 10.9. The zero-order valence-electron chi connectivity index (χ0n) is 19.1. The number of azide groups is 1. The second-order valence-corrected chi connectivity index (χ2v) is 8.17.